The Morgan fingerprint density at radius 1 is 0.355 bits per heavy atom. The first-order chi connectivity index (χ1) is 30.7. The smallest absolute Gasteiger partial charge is 0.160 e. The average molecular weight is 809 g/mol. The first-order valence-electron chi connectivity index (χ1n) is 20.8. The maximum atomic E-state index is 5.44. The maximum absolute atomic E-state index is 5.44. The molecule has 0 saturated heterocycles. The normalized spacial score (nSPS) is 11.5. The molecular formula is C57H36N4S. The van der Waals surface area contributed by atoms with Crippen molar-refractivity contribution in [1.82, 2.24) is 19.6 Å². The van der Waals surface area contributed by atoms with Crippen LogP contribution in [0, 0.1) is 0 Å². The summed E-state index contributed by atoms with van der Waals surface area (Å²) < 4.78 is 4.75. The fourth-order valence-corrected chi connectivity index (χ4v) is 9.95. The third-order valence-corrected chi connectivity index (χ3v) is 13.0. The van der Waals surface area contributed by atoms with Gasteiger partial charge in [-0.15, -0.1) is 11.3 Å². The summed E-state index contributed by atoms with van der Waals surface area (Å²) in [5.74, 6) is 0.662. The van der Waals surface area contributed by atoms with E-state index < -0.39 is 0 Å². The Morgan fingerprint density at radius 2 is 0.919 bits per heavy atom. The zero-order chi connectivity index (χ0) is 41.0. The third-order valence-electron chi connectivity index (χ3n) is 11.8. The van der Waals surface area contributed by atoms with E-state index in [9.17, 15) is 0 Å². The standard InChI is InChI=1S/C57H36N4S/c1-4-15-38(16-5-1)49-36-50(39-29-27-37(28-30-39)42-31-32-48-47-25-12-13-26-52(47)62-53(48)35-42)59-57(58-49)45-23-14-22-44(33-45)54-55(41-19-8-3-9-20-41)60-61-51(40-17-6-2-7-18-40)34-43-21-10-11-24-46(43)56(54)61/h1-36H. The Morgan fingerprint density at radius 3 is 1.68 bits per heavy atom. The molecule has 0 fully saturated rings. The summed E-state index contributed by atoms with van der Waals surface area (Å²) in [5.41, 5.74) is 14.4. The molecule has 8 aromatic carbocycles. The van der Waals surface area contributed by atoms with E-state index in [0.29, 0.717) is 5.82 Å². The van der Waals surface area contributed by atoms with Crippen molar-refractivity contribution in [2.24, 2.45) is 0 Å². The second-order valence-corrected chi connectivity index (χ2v) is 16.7. The van der Waals surface area contributed by atoms with Crippen molar-refractivity contribution in [3.63, 3.8) is 0 Å². The van der Waals surface area contributed by atoms with Crippen LogP contribution in [-0.4, -0.2) is 19.6 Å². The molecule has 0 aliphatic heterocycles. The van der Waals surface area contributed by atoms with Crippen LogP contribution in [0.5, 0.6) is 0 Å². The van der Waals surface area contributed by atoms with Crippen LogP contribution < -0.4 is 0 Å². The highest BCUT2D eigenvalue weighted by molar-refractivity contribution is 7.25. The van der Waals surface area contributed by atoms with Crippen LogP contribution >= 0.6 is 11.3 Å². The van der Waals surface area contributed by atoms with Crippen LogP contribution in [0.4, 0.5) is 0 Å². The zero-order valence-electron chi connectivity index (χ0n) is 33.5. The van der Waals surface area contributed by atoms with Crippen molar-refractivity contribution in [3.05, 3.63) is 218 Å². The summed E-state index contributed by atoms with van der Waals surface area (Å²) in [5, 5.41) is 10.4. The molecule has 5 heteroatoms. The highest BCUT2D eigenvalue weighted by atomic mass is 32.1. The molecule has 4 nitrogen and oxygen atoms in total. The molecule has 0 bridgehead atoms. The Kier molecular flexibility index (Phi) is 8.65. The van der Waals surface area contributed by atoms with Gasteiger partial charge >= 0.3 is 0 Å². The molecule has 0 N–H and O–H groups in total. The number of thiophene rings is 1. The summed E-state index contributed by atoms with van der Waals surface area (Å²) in [7, 11) is 0. The van der Waals surface area contributed by atoms with Crippen LogP contribution in [0.2, 0.25) is 0 Å². The number of fused-ring (bicyclic) bond motifs is 6. The molecule has 0 saturated carbocycles. The highest BCUT2D eigenvalue weighted by Gasteiger charge is 2.22. The number of rotatable bonds is 7. The Bertz CT molecular complexity index is 3610. The van der Waals surface area contributed by atoms with E-state index in [0.717, 1.165) is 78.0 Å². The van der Waals surface area contributed by atoms with E-state index in [-0.39, 0.29) is 0 Å². The van der Waals surface area contributed by atoms with Gasteiger partial charge in [-0.05, 0) is 52.4 Å². The molecule has 290 valence electrons. The fraction of sp³-hybridized carbons (Fsp3) is 0. The molecule has 4 aromatic heterocycles. The van der Waals surface area contributed by atoms with E-state index in [1.54, 1.807) is 0 Å². The number of pyridine rings is 1. The van der Waals surface area contributed by atoms with Crippen LogP contribution in [0.15, 0.2) is 218 Å². The molecule has 0 radical (unpaired) electrons. The minimum atomic E-state index is 0.662. The van der Waals surface area contributed by atoms with Gasteiger partial charge in [-0.25, -0.2) is 14.5 Å². The lowest BCUT2D eigenvalue weighted by atomic mass is 9.95. The second-order valence-electron chi connectivity index (χ2n) is 15.6. The lowest BCUT2D eigenvalue weighted by molar-refractivity contribution is 0.979. The van der Waals surface area contributed by atoms with Gasteiger partial charge in [0.25, 0.3) is 0 Å². The van der Waals surface area contributed by atoms with Crippen LogP contribution in [0.3, 0.4) is 0 Å². The lowest BCUT2D eigenvalue weighted by Gasteiger charge is -2.12. The Balaban J connectivity index is 1.01. The van der Waals surface area contributed by atoms with Crippen LogP contribution in [-0.2, 0) is 0 Å². The van der Waals surface area contributed by atoms with E-state index in [4.69, 9.17) is 15.1 Å². The molecule has 0 unspecified atom stereocenters. The Hall–Kier alpha value is -7.99. The van der Waals surface area contributed by atoms with Gasteiger partial charge in [-0.1, -0.05) is 188 Å². The van der Waals surface area contributed by atoms with Gasteiger partial charge in [-0.3, -0.25) is 0 Å². The van der Waals surface area contributed by atoms with Crippen molar-refractivity contribution in [2.45, 2.75) is 0 Å². The second kappa shape index (κ2) is 14.9. The van der Waals surface area contributed by atoms with E-state index in [1.807, 2.05) is 17.4 Å². The topological polar surface area (TPSA) is 43.1 Å². The van der Waals surface area contributed by atoms with E-state index >= 15 is 0 Å². The van der Waals surface area contributed by atoms with Gasteiger partial charge in [-0.2, -0.15) is 5.10 Å². The van der Waals surface area contributed by atoms with Crippen molar-refractivity contribution >= 4 is 47.8 Å². The van der Waals surface area contributed by atoms with Crippen molar-refractivity contribution in [3.8, 4) is 78.7 Å². The first kappa shape index (κ1) is 35.9. The van der Waals surface area contributed by atoms with Crippen molar-refractivity contribution < 1.29 is 0 Å². The Labute approximate surface area is 362 Å². The predicted octanol–water partition coefficient (Wildman–Crippen LogP) is 15.3. The summed E-state index contributed by atoms with van der Waals surface area (Å²) in [6.45, 7) is 0. The highest BCUT2D eigenvalue weighted by Crippen LogP contribution is 2.42. The number of nitrogens with zero attached hydrogens (tertiary/aromatic N) is 4. The zero-order valence-corrected chi connectivity index (χ0v) is 34.3. The molecule has 62 heavy (non-hydrogen) atoms. The van der Waals surface area contributed by atoms with Gasteiger partial charge in [0.05, 0.1) is 22.6 Å². The van der Waals surface area contributed by atoms with Gasteiger partial charge in [0, 0.05) is 58.9 Å². The van der Waals surface area contributed by atoms with Gasteiger partial charge < -0.3 is 0 Å². The fourth-order valence-electron chi connectivity index (χ4n) is 8.81. The number of benzene rings is 8. The van der Waals surface area contributed by atoms with Crippen molar-refractivity contribution in [1.29, 1.82) is 0 Å². The monoisotopic (exact) mass is 808 g/mol. The molecule has 12 aromatic rings. The molecule has 4 heterocycles. The SMILES string of the molecule is c1ccc(-c2cc(-c3ccc(-c4ccc5c(c4)sc4ccccc45)cc3)nc(-c3cccc(-c4c(-c5ccccc5)nn5c(-c6ccccc6)cc6ccccc6c45)c3)n2)cc1. The number of hydrogen-bond acceptors (Lipinski definition) is 4. The van der Waals surface area contributed by atoms with Crippen LogP contribution in [0.25, 0.3) is 115 Å². The maximum Gasteiger partial charge on any atom is 0.160 e. The minimum Gasteiger partial charge on any atom is -0.231 e. The first-order valence-corrected chi connectivity index (χ1v) is 21.7. The van der Waals surface area contributed by atoms with Crippen LogP contribution in [0.1, 0.15) is 0 Å². The molecule has 12 rings (SSSR count). The number of aromatic nitrogens is 4. The minimum absolute atomic E-state index is 0.662. The van der Waals surface area contributed by atoms with Crippen molar-refractivity contribution in [2.75, 3.05) is 0 Å². The van der Waals surface area contributed by atoms with E-state index in [2.05, 4.69) is 217 Å². The summed E-state index contributed by atoms with van der Waals surface area (Å²) >= 11 is 1.85. The quantitative estimate of drug-likeness (QED) is 0.161. The predicted molar refractivity (Wildman–Crippen MR) is 259 cm³/mol. The van der Waals surface area contributed by atoms with Gasteiger partial charge in [0.1, 0.15) is 5.69 Å². The lowest BCUT2D eigenvalue weighted by Crippen LogP contribution is -1.96. The largest absolute Gasteiger partial charge is 0.231 e. The molecule has 0 aliphatic carbocycles. The summed E-state index contributed by atoms with van der Waals surface area (Å²) in [6.07, 6.45) is 0. The van der Waals surface area contributed by atoms with Gasteiger partial charge in [0.15, 0.2) is 5.82 Å². The number of hydrogen-bond donors (Lipinski definition) is 0. The average Bonchev–Trinajstić information content (AvgIpc) is 3.94. The molecule has 0 aliphatic rings. The third kappa shape index (κ3) is 6.26. The summed E-state index contributed by atoms with van der Waals surface area (Å²) in [4.78, 5) is 10.6. The molecular weight excluding hydrogens is 773 g/mol. The summed E-state index contributed by atoms with van der Waals surface area (Å²) in [6, 6.07) is 77.3. The molecule has 0 spiro atoms. The molecule has 0 amide bonds. The van der Waals surface area contributed by atoms with E-state index in [1.165, 1.54) is 31.3 Å². The molecule has 0 atom stereocenters. The van der Waals surface area contributed by atoms with Gasteiger partial charge in [0.2, 0.25) is 0 Å².